The quantitative estimate of drug-likeness (QED) is 0.0369. The predicted octanol–water partition coefficient (Wildman–Crippen LogP) is 28.4. The van der Waals surface area contributed by atoms with Gasteiger partial charge in [-0.25, -0.2) is 6.72 Å². The number of para-hydroxylation sites is 2. The van der Waals surface area contributed by atoms with Crippen LogP contribution in [-0.4, -0.2) is 76.3 Å². The molecule has 9 rings (SSSR count). The summed E-state index contributed by atoms with van der Waals surface area (Å²) in [4.78, 5) is 9.71. The molecule has 6 nitrogen and oxygen atoms in total. The van der Waals surface area contributed by atoms with Gasteiger partial charge in [0, 0.05) is 80.0 Å². The van der Waals surface area contributed by atoms with Crippen LogP contribution in [0.3, 0.4) is 0 Å². The number of nitrogens with zero attached hydrogens (tertiary/aromatic N) is 5. The normalized spacial score (nSPS) is 12.8. The van der Waals surface area contributed by atoms with Gasteiger partial charge in [0.1, 0.15) is 0 Å². The Kier molecular flexibility index (Phi) is 59.5. The molecule has 7 aromatic rings. The first-order valence-corrected chi connectivity index (χ1v) is 39.1. The molecule has 1 N–H and O–H groups in total. The largest absolute Gasteiger partial charge is 3.00 e. The van der Waals surface area contributed by atoms with Crippen molar-refractivity contribution in [3.63, 3.8) is 0 Å². The summed E-state index contributed by atoms with van der Waals surface area (Å²) in [7, 11) is 12.2. The average molecular weight is 1680 g/mol. The van der Waals surface area contributed by atoms with Crippen LogP contribution in [0.1, 0.15) is 277 Å². The second-order valence-electron chi connectivity index (χ2n) is 29.9. The molecule has 567 valence electrons. The van der Waals surface area contributed by atoms with Crippen LogP contribution < -0.4 is 0 Å². The van der Waals surface area contributed by atoms with Crippen molar-refractivity contribution in [2.45, 2.75) is 242 Å². The number of allylic oxidation sites excluding steroid dienone is 4. The summed E-state index contributed by atoms with van der Waals surface area (Å²) >= 11 is 0. The number of hydrogen-bond donors (Lipinski definition) is 1. The van der Waals surface area contributed by atoms with Gasteiger partial charge in [0.05, 0.1) is 0 Å². The Morgan fingerprint density at radius 3 is 0.792 bits per heavy atom. The molecule has 0 unspecified atom stereocenters. The number of unbranched alkanes of at least 4 members (excludes halogenated alkanes) is 2. The van der Waals surface area contributed by atoms with Gasteiger partial charge in [0.2, 0.25) is 0 Å². The zero-order valence-corrected chi connectivity index (χ0v) is 75.5. The summed E-state index contributed by atoms with van der Waals surface area (Å²) in [5, 5.41) is 26.3. The molecule has 0 aliphatic heterocycles. The summed E-state index contributed by atoms with van der Waals surface area (Å²) < 4.78 is 0. The van der Waals surface area contributed by atoms with Gasteiger partial charge in [-0.3, -0.25) is 9.98 Å². The van der Waals surface area contributed by atoms with E-state index in [2.05, 4.69) is 245 Å². The predicted molar refractivity (Wildman–Crippen MR) is 477 cm³/mol. The molecule has 0 atom stereocenters. The van der Waals surface area contributed by atoms with Crippen molar-refractivity contribution in [2.24, 2.45) is 9.98 Å². The van der Waals surface area contributed by atoms with Crippen molar-refractivity contribution >= 4 is 66.2 Å². The molecule has 0 amide bonds. The van der Waals surface area contributed by atoms with E-state index in [4.69, 9.17) is 31.2 Å². The van der Waals surface area contributed by atoms with E-state index >= 15 is 0 Å². The van der Waals surface area contributed by atoms with Crippen LogP contribution in [0.4, 0.5) is 11.4 Å². The monoisotopic (exact) mass is 1680 g/mol. The molecule has 0 bridgehead atoms. The van der Waals surface area contributed by atoms with Crippen molar-refractivity contribution in [1.29, 1.82) is 5.16 Å². The molecule has 2 aliphatic rings. The smallest absolute Gasteiger partial charge is 0.817 e. The van der Waals surface area contributed by atoms with Crippen molar-refractivity contribution in [2.75, 3.05) is 13.1 Å². The van der Waals surface area contributed by atoms with Gasteiger partial charge >= 0.3 is 26.2 Å². The number of rotatable bonds is 14. The summed E-state index contributed by atoms with van der Waals surface area (Å²) in [6.07, 6.45) is 15.4. The van der Waals surface area contributed by atoms with E-state index in [0.29, 0.717) is 23.7 Å². The van der Waals surface area contributed by atoms with E-state index in [-0.39, 0.29) is 74.9 Å². The van der Waals surface area contributed by atoms with E-state index < -0.39 is 13.4 Å². The molecule has 0 saturated carbocycles. The van der Waals surface area contributed by atoms with Gasteiger partial charge in [-0.15, -0.1) is 83.4 Å². The third kappa shape index (κ3) is 44.0. The Labute approximate surface area is 695 Å². The minimum Gasteiger partial charge on any atom is -0.817 e. The van der Waals surface area contributed by atoms with Crippen molar-refractivity contribution in [3.8, 4) is 0 Å². The van der Waals surface area contributed by atoms with Crippen LogP contribution in [0.2, 0.25) is 0 Å². The molecule has 7 aromatic carbocycles. The summed E-state index contributed by atoms with van der Waals surface area (Å²) in [5.41, 5.74) is 17.8. The van der Waals surface area contributed by atoms with Crippen LogP contribution >= 0.6 is 7.05 Å². The van der Waals surface area contributed by atoms with Gasteiger partial charge < -0.3 is 21.2 Å². The van der Waals surface area contributed by atoms with E-state index in [1.54, 1.807) is 0 Å². The van der Waals surface area contributed by atoms with Gasteiger partial charge in [-0.2, -0.15) is 123 Å². The summed E-state index contributed by atoms with van der Waals surface area (Å²) in [5.74, 6) is 1.92. The van der Waals surface area contributed by atoms with Crippen LogP contribution in [-0.2, 0) is 52.0 Å². The average Bonchev–Trinajstić information content (AvgIpc) is 0.740. The van der Waals surface area contributed by atoms with Crippen LogP contribution in [0, 0.1) is 39.8 Å². The maximum absolute atomic E-state index is 8.99. The Morgan fingerprint density at radius 1 is 0.434 bits per heavy atom. The van der Waals surface area contributed by atoms with E-state index in [0.717, 1.165) is 90.8 Å². The zero-order valence-electron chi connectivity index (χ0n) is 68.6. The first kappa shape index (κ1) is 107. The van der Waals surface area contributed by atoms with Crippen molar-refractivity contribution in [3.05, 3.63) is 312 Å². The molecule has 0 fully saturated rings. The first-order valence-electron chi connectivity index (χ1n) is 37.3. The Balaban J connectivity index is -0.000000583. The fraction of sp³-hybridized carbons (Fsp3) is 0.419. The molecule has 106 heavy (non-hydrogen) atoms. The van der Waals surface area contributed by atoms with Crippen molar-refractivity contribution in [1.82, 2.24) is 0 Å². The van der Waals surface area contributed by atoms with Gasteiger partial charge in [-0.1, -0.05) is 253 Å². The summed E-state index contributed by atoms with van der Waals surface area (Å²) in [6, 6.07) is 62.6. The zero-order chi connectivity index (χ0) is 78.2. The maximum atomic E-state index is 8.99. The third-order valence-electron chi connectivity index (χ3n) is 16.5. The second-order valence-corrected chi connectivity index (χ2v) is 35.3. The van der Waals surface area contributed by atoms with E-state index in [9.17, 15) is 0 Å². The summed E-state index contributed by atoms with van der Waals surface area (Å²) in [6.45, 7) is 65.2. The maximum Gasteiger partial charge on any atom is 3.00 e. The van der Waals surface area contributed by atoms with E-state index in [1.165, 1.54) is 70.7 Å². The van der Waals surface area contributed by atoms with Crippen LogP contribution in [0.25, 0.3) is 16.0 Å². The molecule has 0 aromatic heterocycles. The Bertz CT molecular complexity index is 3080. The van der Waals surface area contributed by atoms with Gasteiger partial charge in [-0.05, 0) is 97.6 Å². The minimum absolute atomic E-state index is 0. The SMILES string of the molecule is C.C=[N-].CC(C)(C)P(=N)(C(C)(C)C)C(C)(C)C.CCCCN=C1CCCC=C1[N-]c1c(C(C)C)cccc1C(C)C.CCCCN=C1CCCC=C1[N-]c1c(C(C)C)cccc1C(C)C.[B]B([B])[B].[CH2-]c1ccccc1.[CH2-]c1ccccc1.[CH2-]c1ccccc1.[CH2-]c1ccccc1.[CH2-]c1ccccc1.[Hf].[Zr+3]. The van der Waals surface area contributed by atoms with Gasteiger partial charge in [0.15, 0.2) is 0 Å². The van der Waals surface area contributed by atoms with Crippen LogP contribution in [0.15, 0.2) is 222 Å². The molecule has 0 heterocycles. The first-order chi connectivity index (χ1) is 48.5. The fourth-order valence-corrected chi connectivity index (χ4v) is 17.8. The number of benzene rings is 7. The third-order valence-corrected chi connectivity index (χ3v) is 22.6. The van der Waals surface area contributed by atoms with Crippen LogP contribution in [0.5, 0.6) is 0 Å². The molecular formula is C93H135B4HfN6PZr-5. The molecule has 7 radical (unpaired) electrons. The topological polar surface area (TPSA) is 99.1 Å². The number of nitrogens with one attached hydrogen (secondary N) is 1. The minimum atomic E-state index is -1.77. The molecule has 0 saturated heterocycles. The number of hydrogen-bond acceptors (Lipinski definition) is 3. The standard InChI is InChI=1S/2C22H33N2.C12H28NP.5C7H7.CH2N.CH4.B4.Hf.Zr/c2*1-6-7-15-23-20-13-8-9-14-21(20)24-22-18(16(2)3)11-10-12-19(22)17(4)5;1-10(2,3)14(13,11(4,5)6)12(7,8)9;5*1-7-5-3-2-4-6-7;1-2;;1-4(2)3;;/h2*10-12,14,16-17H,6-9,13,15H2,1-5H3;13H,1-9H3;5*2-6H,1H2;1H2;1H4;;;/q2*-1;;6*-1;;;;+3. The molecule has 13 heteroatoms. The number of aliphatic imine (C=N–C) groups is 2. The van der Waals surface area contributed by atoms with Crippen molar-refractivity contribution < 1.29 is 52.0 Å². The fourth-order valence-electron chi connectivity index (χ4n) is 11.7. The Hall–Kier alpha value is -5.78. The molecular weight excluding hydrogens is 1550 g/mol. The molecule has 0 spiro atoms. The van der Waals surface area contributed by atoms with Gasteiger partial charge in [0.25, 0.3) is 0 Å². The molecule has 2 aliphatic carbocycles. The second kappa shape index (κ2) is 59.1. The van der Waals surface area contributed by atoms with E-state index in [1.807, 2.05) is 152 Å². The Morgan fingerprint density at radius 2 is 0.642 bits per heavy atom.